The molecule has 0 fully saturated rings. The summed E-state index contributed by atoms with van der Waals surface area (Å²) in [4.78, 5) is 23.8. The van der Waals surface area contributed by atoms with Crippen LogP contribution in [0.3, 0.4) is 0 Å². The largest absolute Gasteiger partial charge is 0.350 e. The van der Waals surface area contributed by atoms with Crippen LogP contribution in [0.4, 0.5) is 4.39 Å². The second-order valence-corrected chi connectivity index (χ2v) is 6.23. The fourth-order valence-electron chi connectivity index (χ4n) is 1.92. The molecule has 0 spiro atoms. The fraction of sp³-hybridized carbons (Fsp3) is 0.176. The molecular formula is C17H16FIN2O2. The van der Waals surface area contributed by atoms with Gasteiger partial charge >= 0.3 is 0 Å². The van der Waals surface area contributed by atoms with Gasteiger partial charge in [-0.2, -0.15) is 0 Å². The summed E-state index contributed by atoms with van der Waals surface area (Å²) in [6, 6.07) is 11.5. The van der Waals surface area contributed by atoms with Crippen molar-refractivity contribution in [2.45, 2.75) is 6.92 Å². The first-order chi connectivity index (χ1) is 11.0. The fourth-order valence-corrected chi connectivity index (χ4v) is 2.46. The SMILES string of the molecule is Cc1ccc(C(=O)NCCNC(=O)c2cccc(I)c2)cc1F. The van der Waals surface area contributed by atoms with Gasteiger partial charge in [-0.1, -0.05) is 12.1 Å². The van der Waals surface area contributed by atoms with E-state index in [4.69, 9.17) is 0 Å². The zero-order valence-electron chi connectivity index (χ0n) is 12.5. The van der Waals surface area contributed by atoms with Gasteiger partial charge in [-0.15, -0.1) is 0 Å². The van der Waals surface area contributed by atoms with Gasteiger partial charge in [0, 0.05) is 27.8 Å². The molecule has 2 amide bonds. The lowest BCUT2D eigenvalue weighted by Gasteiger charge is -2.08. The van der Waals surface area contributed by atoms with Gasteiger partial charge in [0.05, 0.1) is 0 Å². The topological polar surface area (TPSA) is 58.2 Å². The molecule has 6 heteroatoms. The molecule has 120 valence electrons. The van der Waals surface area contributed by atoms with Crippen molar-refractivity contribution in [1.29, 1.82) is 0 Å². The van der Waals surface area contributed by atoms with Gasteiger partial charge < -0.3 is 10.6 Å². The van der Waals surface area contributed by atoms with Crippen LogP contribution in [0.1, 0.15) is 26.3 Å². The second-order valence-electron chi connectivity index (χ2n) is 4.99. The van der Waals surface area contributed by atoms with Crippen molar-refractivity contribution in [2.24, 2.45) is 0 Å². The summed E-state index contributed by atoms with van der Waals surface area (Å²) in [5, 5.41) is 5.36. The van der Waals surface area contributed by atoms with E-state index in [1.165, 1.54) is 6.07 Å². The average Bonchev–Trinajstić information content (AvgIpc) is 2.53. The van der Waals surface area contributed by atoms with E-state index in [2.05, 4.69) is 33.2 Å². The standard InChI is InChI=1S/C17H16FIN2O2/c1-11-5-6-13(10-15(11)18)17(23)21-8-7-20-16(22)12-3-2-4-14(19)9-12/h2-6,9-10H,7-8H2,1H3,(H,20,22)(H,21,23). The molecule has 0 saturated carbocycles. The molecule has 0 atom stereocenters. The summed E-state index contributed by atoms with van der Waals surface area (Å²) in [5.41, 5.74) is 1.33. The lowest BCUT2D eigenvalue weighted by Crippen LogP contribution is -2.34. The summed E-state index contributed by atoms with van der Waals surface area (Å²) in [7, 11) is 0. The molecule has 0 heterocycles. The van der Waals surface area contributed by atoms with Gasteiger partial charge in [0.1, 0.15) is 5.82 Å². The van der Waals surface area contributed by atoms with E-state index in [0.717, 1.165) is 3.57 Å². The number of hydrogen-bond acceptors (Lipinski definition) is 2. The zero-order chi connectivity index (χ0) is 16.8. The van der Waals surface area contributed by atoms with E-state index in [1.807, 2.05) is 12.1 Å². The summed E-state index contributed by atoms with van der Waals surface area (Å²) in [6.07, 6.45) is 0. The monoisotopic (exact) mass is 426 g/mol. The molecule has 2 N–H and O–H groups in total. The molecule has 4 nitrogen and oxygen atoms in total. The van der Waals surface area contributed by atoms with Gasteiger partial charge in [-0.25, -0.2) is 4.39 Å². The molecule has 0 unspecified atom stereocenters. The molecule has 0 radical (unpaired) electrons. The zero-order valence-corrected chi connectivity index (χ0v) is 14.7. The van der Waals surface area contributed by atoms with Crippen molar-refractivity contribution >= 4 is 34.4 Å². The van der Waals surface area contributed by atoms with E-state index < -0.39 is 5.82 Å². The quantitative estimate of drug-likeness (QED) is 0.571. The summed E-state index contributed by atoms with van der Waals surface area (Å²) in [6.45, 7) is 2.20. The van der Waals surface area contributed by atoms with E-state index in [1.54, 1.807) is 31.2 Å². The molecule has 0 bridgehead atoms. The number of amides is 2. The first-order valence-corrected chi connectivity index (χ1v) is 8.13. The molecule has 2 aromatic rings. The van der Waals surface area contributed by atoms with Crippen molar-refractivity contribution in [3.8, 4) is 0 Å². The number of benzene rings is 2. The Morgan fingerprint density at radius 2 is 1.61 bits per heavy atom. The van der Waals surface area contributed by atoms with E-state index in [-0.39, 0.29) is 23.9 Å². The Labute approximate surface area is 147 Å². The molecule has 0 aliphatic heterocycles. The number of carbonyl (C=O) groups is 2. The van der Waals surface area contributed by atoms with Crippen molar-refractivity contribution in [3.05, 3.63) is 68.5 Å². The third-order valence-electron chi connectivity index (χ3n) is 3.22. The molecule has 2 rings (SSSR count). The Bertz CT molecular complexity index is 734. The molecule has 23 heavy (non-hydrogen) atoms. The van der Waals surface area contributed by atoms with Crippen LogP contribution in [0.2, 0.25) is 0 Å². The van der Waals surface area contributed by atoms with Crippen LogP contribution in [0.15, 0.2) is 42.5 Å². The maximum Gasteiger partial charge on any atom is 0.251 e. The lowest BCUT2D eigenvalue weighted by atomic mass is 10.1. The number of rotatable bonds is 5. The highest BCUT2D eigenvalue weighted by Crippen LogP contribution is 2.09. The van der Waals surface area contributed by atoms with Crippen molar-refractivity contribution in [3.63, 3.8) is 0 Å². The first kappa shape index (κ1) is 17.4. The predicted molar refractivity (Wildman–Crippen MR) is 95.0 cm³/mol. The molecular weight excluding hydrogens is 410 g/mol. The van der Waals surface area contributed by atoms with E-state index >= 15 is 0 Å². The Morgan fingerprint density at radius 3 is 2.17 bits per heavy atom. The van der Waals surface area contributed by atoms with Crippen LogP contribution in [-0.4, -0.2) is 24.9 Å². The molecule has 0 saturated heterocycles. The molecule has 0 aliphatic rings. The third-order valence-corrected chi connectivity index (χ3v) is 3.89. The minimum atomic E-state index is -0.412. The van der Waals surface area contributed by atoms with Gasteiger partial charge in [0.2, 0.25) is 0 Å². The van der Waals surface area contributed by atoms with E-state index in [0.29, 0.717) is 17.7 Å². The Hall–Kier alpha value is -1.96. The maximum atomic E-state index is 13.4. The Balaban J connectivity index is 1.79. The van der Waals surface area contributed by atoms with Gasteiger partial charge in [0.25, 0.3) is 11.8 Å². The Kier molecular flexibility index (Phi) is 6.09. The number of hydrogen-bond donors (Lipinski definition) is 2. The highest BCUT2D eigenvalue weighted by atomic mass is 127. The van der Waals surface area contributed by atoms with Crippen LogP contribution in [0.5, 0.6) is 0 Å². The lowest BCUT2D eigenvalue weighted by molar-refractivity contribution is 0.0927. The second kappa shape index (κ2) is 8.05. The third kappa shape index (κ3) is 5.02. The van der Waals surface area contributed by atoms with Gasteiger partial charge in [-0.05, 0) is 65.4 Å². The Morgan fingerprint density at radius 1 is 1.00 bits per heavy atom. The van der Waals surface area contributed by atoms with Crippen LogP contribution in [-0.2, 0) is 0 Å². The average molecular weight is 426 g/mol. The number of halogens is 2. The predicted octanol–water partition coefficient (Wildman–Crippen LogP) is 2.90. The van der Waals surface area contributed by atoms with Crippen molar-refractivity contribution in [1.82, 2.24) is 10.6 Å². The minimum Gasteiger partial charge on any atom is -0.350 e. The van der Waals surface area contributed by atoms with Crippen molar-refractivity contribution in [2.75, 3.05) is 13.1 Å². The van der Waals surface area contributed by atoms with Gasteiger partial charge in [-0.3, -0.25) is 9.59 Å². The molecule has 0 aromatic heterocycles. The summed E-state index contributed by atoms with van der Waals surface area (Å²) in [5.74, 6) is -0.976. The summed E-state index contributed by atoms with van der Waals surface area (Å²) >= 11 is 2.14. The van der Waals surface area contributed by atoms with Crippen LogP contribution in [0.25, 0.3) is 0 Å². The maximum absolute atomic E-state index is 13.4. The number of carbonyl (C=O) groups excluding carboxylic acids is 2. The van der Waals surface area contributed by atoms with E-state index in [9.17, 15) is 14.0 Å². The minimum absolute atomic E-state index is 0.195. The van der Waals surface area contributed by atoms with Crippen LogP contribution < -0.4 is 10.6 Å². The van der Waals surface area contributed by atoms with Gasteiger partial charge in [0.15, 0.2) is 0 Å². The highest BCUT2D eigenvalue weighted by molar-refractivity contribution is 14.1. The summed E-state index contributed by atoms with van der Waals surface area (Å²) < 4.78 is 14.4. The smallest absolute Gasteiger partial charge is 0.251 e. The molecule has 2 aromatic carbocycles. The number of aryl methyl sites for hydroxylation is 1. The normalized spacial score (nSPS) is 10.2. The first-order valence-electron chi connectivity index (χ1n) is 7.05. The highest BCUT2D eigenvalue weighted by Gasteiger charge is 2.08. The number of nitrogens with one attached hydrogen (secondary N) is 2. The van der Waals surface area contributed by atoms with Crippen molar-refractivity contribution < 1.29 is 14.0 Å². The van der Waals surface area contributed by atoms with Crippen LogP contribution >= 0.6 is 22.6 Å². The van der Waals surface area contributed by atoms with Crippen LogP contribution in [0, 0.1) is 16.3 Å². The molecule has 0 aliphatic carbocycles.